The third kappa shape index (κ3) is 2.30. The van der Waals surface area contributed by atoms with Crippen molar-refractivity contribution in [3.05, 3.63) is 34.9 Å². The highest BCUT2D eigenvalue weighted by molar-refractivity contribution is 6.41. The molecule has 1 fully saturated rings. The zero-order valence-corrected chi connectivity index (χ0v) is 15.8. The summed E-state index contributed by atoms with van der Waals surface area (Å²) in [6.45, 7) is 6.47. The fourth-order valence-corrected chi connectivity index (χ4v) is 5.05. The summed E-state index contributed by atoms with van der Waals surface area (Å²) in [6.07, 6.45) is 5.74. The van der Waals surface area contributed by atoms with Crippen molar-refractivity contribution in [2.75, 3.05) is 7.11 Å². The topological polar surface area (TPSA) is 60.0 Å². The van der Waals surface area contributed by atoms with Crippen molar-refractivity contribution in [1.82, 2.24) is 0 Å². The van der Waals surface area contributed by atoms with E-state index in [2.05, 4.69) is 32.0 Å². The largest absolute Gasteiger partial charge is 0.382 e. The average molecular weight is 339 g/mol. The third-order valence-corrected chi connectivity index (χ3v) is 6.65. The average Bonchev–Trinajstić information content (AvgIpc) is 3.03. The summed E-state index contributed by atoms with van der Waals surface area (Å²) >= 11 is 0. The lowest BCUT2D eigenvalue weighted by Gasteiger charge is -2.44. The fraction of sp³-hybridized carbons (Fsp3) is 0.619. The number of ether oxygens (including phenoxy) is 1. The molecule has 2 aliphatic carbocycles. The van der Waals surface area contributed by atoms with Gasteiger partial charge < -0.3 is 10.5 Å². The summed E-state index contributed by atoms with van der Waals surface area (Å²) in [6, 6.07) is 6.92. The Kier molecular flexibility index (Phi) is 3.80. The number of fused-ring (bicyclic) bond motifs is 3. The molecule has 1 heterocycles. The number of nitrogens with two attached hydrogens (primary N) is 1. The van der Waals surface area contributed by atoms with Gasteiger partial charge >= 0.3 is 0 Å². The van der Waals surface area contributed by atoms with Crippen LogP contribution in [0.1, 0.15) is 69.1 Å². The second-order valence-electron chi connectivity index (χ2n) is 8.33. The van der Waals surface area contributed by atoms with Crippen molar-refractivity contribution < 1.29 is 4.74 Å². The van der Waals surface area contributed by atoms with E-state index in [0.29, 0.717) is 17.9 Å². The van der Waals surface area contributed by atoms with Gasteiger partial charge in [0, 0.05) is 18.1 Å². The molecule has 0 radical (unpaired) electrons. The predicted molar refractivity (Wildman–Crippen MR) is 102 cm³/mol. The van der Waals surface area contributed by atoms with E-state index in [9.17, 15) is 0 Å². The van der Waals surface area contributed by atoms with E-state index < -0.39 is 5.66 Å². The lowest BCUT2D eigenvalue weighted by atomic mass is 9.65. The minimum absolute atomic E-state index is 0.0440. The van der Waals surface area contributed by atoms with Crippen LogP contribution in [0.25, 0.3) is 0 Å². The maximum atomic E-state index is 6.23. The second-order valence-corrected chi connectivity index (χ2v) is 8.33. The van der Waals surface area contributed by atoms with Crippen molar-refractivity contribution in [2.24, 2.45) is 21.1 Å². The first-order valence-electron chi connectivity index (χ1n) is 9.49. The van der Waals surface area contributed by atoms with Gasteiger partial charge in [-0.05, 0) is 56.1 Å². The van der Waals surface area contributed by atoms with Gasteiger partial charge in [0.1, 0.15) is 5.84 Å². The zero-order valence-electron chi connectivity index (χ0n) is 15.8. The Morgan fingerprint density at radius 3 is 2.48 bits per heavy atom. The van der Waals surface area contributed by atoms with Gasteiger partial charge in [0.2, 0.25) is 0 Å². The number of hydrogen-bond acceptors (Lipinski definition) is 4. The maximum Gasteiger partial charge on any atom is 0.184 e. The number of aliphatic imine (C=N–C) groups is 2. The molecule has 0 amide bonds. The number of benzene rings is 1. The summed E-state index contributed by atoms with van der Waals surface area (Å²) in [4.78, 5) is 10.1. The van der Waals surface area contributed by atoms with Gasteiger partial charge in [-0.2, -0.15) is 0 Å². The summed E-state index contributed by atoms with van der Waals surface area (Å²) in [5.41, 5.74) is 10.7. The molecule has 1 aromatic rings. The molecule has 1 aromatic carbocycles. The van der Waals surface area contributed by atoms with Crippen LogP contribution in [0, 0.1) is 5.41 Å². The highest BCUT2D eigenvalue weighted by Gasteiger charge is 2.60. The maximum absolute atomic E-state index is 6.23. The number of methoxy groups -OCH3 is 1. The predicted octanol–water partition coefficient (Wildman–Crippen LogP) is 3.93. The molecule has 1 saturated carbocycles. The molecule has 3 aliphatic rings. The SMILES string of the molecule is CO[C@H]1CC[C@]2(CC1)Cc1ccc(C(C)C)cc1C21N=C(C)C(N)=N1. The zero-order chi connectivity index (χ0) is 17.8. The van der Waals surface area contributed by atoms with Crippen LogP contribution < -0.4 is 5.73 Å². The van der Waals surface area contributed by atoms with Crippen LogP contribution in [-0.2, 0) is 16.8 Å². The van der Waals surface area contributed by atoms with Crippen LogP contribution in [0.4, 0.5) is 0 Å². The molecule has 134 valence electrons. The van der Waals surface area contributed by atoms with Crippen molar-refractivity contribution in [3.63, 3.8) is 0 Å². The lowest BCUT2D eigenvalue weighted by molar-refractivity contribution is -0.000385. The molecule has 4 heteroatoms. The molecular weight excluding hydrogens is 310 g/mol. The summed E-state index contributed by atoms with van der Waals surface area (Å²) < 4.78 is 5.62. The van der Waals surface area contributed by atoms with E-state index in [0.717, 1.165) is 37.8 Å². The standard InChI is InChI=1S/C21H29N3O/c1-13(2)15-5-6-16-12-20(9-7-17(25-4)8-10-20)21(18(16)11-15)23-14(3)19(22)24-21/h5-6,11,13,17H,7-10,12H2,1-4H3,(H2,22,24)/t17-,20-,21?. The first-order valence-corrected chi connectivity index (χ1v) is 9.49. The Labute approximate surface area is 150 Å². The van der Waals surface area contributed by atoms with E-state index in [-0.39, 0.29) is 5.41 Å². The fourth-order valence-electron chi connectivity index (χ4n) is 5.05. The lowest BCUT2D eigenvalue weighted by Crippen LogP contribution is -2.43. The summed E-state index contributed by atoms with van der Waals surface area (Å²) in [5, 5.41) is 0. The van der Waals surface area contributed by atoms with Crippen LogP contribution in [0.2, 0.25) is 0 Å². The Balaban J connectivity index is 1.85. The molecule has 1 atom stereocenters. The smallest absolute Gasteiger partial charge is 0.184 e. The van der Waals surface area contributed by atoms with Gasteiger partial charge in [-0.15, -0.1) is 0 Å². The van der Waals surface area contributed by atoms with Gasteiger partial charge in [-0.3, -0.25) is 4.99 Å². The van der Waals surface area contributed by atoms with Crippen LogP contribution >= 0.6 is 0 Å². The van der Waals surface area contributed by atoms with Crippen LogP contribution in [0.5, 0.6) is 0 Å². The Bertz CT molecular complexity index is 736. The summed E-state index contributed by atoms with van der Waals surface area (Å²) in [5.74, 6) is 1.10. The van der Waals surface area contributed by atoms with E-state index >= 15 is 0 Å². The van der Waals surface area contributed by atoms with Crippen LogP contribution in [0.3, 0.4) is 0 Å². The molecule has 2 spiro atoms. The molecule has 1 aliphatic heterocycles. The van der Waals surface area contributed by atoms with Gasteiger partial charge in [0.15, 0.2) is 5.66 Å². The monoisotopic (exact) mass is 339 g/mol. The van der Waals surface area contributed by atoms with E-state index in [1.54, 1.807) is 0 Å². The molecule has 0 aromatic heterocycles. The van der Waals surface area contributed by atoms with E-state index in [4.69, 9.17) is 20.5 Å². The van der Waals surface area contributed by atoms with Crippen LogP contribution in [-0.4, -0.2) is 24.8 Å². The number of amidine groups is 1. The molecule has 0 saturated heterocycles. The third-order valence-electron chi connectivity index (χ3n) is 6.65. The highest BCUT2D eigenvalue weighted by atomic mass is 16.5. The van der Waals surface area contributed by atoms with Crippen LogP contribution in [0.15, 0.2) is 28.2 Å². The molecule has 4 nitrogen and oxygen atoms in total. The number of nitrogens with zero attached hydrogens (tertiary/aromatic N) is 2. The highest BCUT2D eigenvalue weighted by Crippen LogP contribution is 2.61. The second kappa shape index (κ2) is 5.66. The van der Waals surface area contributed by atoms with Crippen molar-refractivity contribution in [2.45, 2.75) is 70.6 Å². The van der Waals surface area contributed by atoms with Gasteiger partial charge in [0.25, 0.3) is 0 Å². The molecule has 25 heavy (non-hydrogen) atoms. The molecule has 4 rings (SSSR count). The van der Waals surface area contributed by atoms with Crippen molar-refractivity contribution in [3.8, 4) is 0 Å². The Morgan fingerprint density at radius 2 is 1.92 bits per heavy atom. The van der Waals surface area contributed by atoms with Crippen molar-refractivity contribution >= 4 is 11.5 Å². The minimum atomic E-state index is -0.514. The van der Waals surface area contributed by atoms with E-state index in [1.807, 2.05) is 14.0 Å². The molecule has 0 bridgehead atoms. The van der Waals surface area contributed by atoms with E-state index in [1.165, 1.54) is 16.7 Å². The van der Waals surface area contributed by atoms with Crippen molar-refractivity contribution in [1.29, 1.82) is 0 Å². The first kappa shape index (κ1) is 16.8. The Hall–Kier alpha value is -1.68. The normalized spacial score (nSPS) is 33.9. The Morgan fingerprint density at radius 1 is 1.20 bits per heavy atom. The quantitative estimate of drug-likeness (QED) is 0.887. The number of rotatable bonds is 2. The molecular formula is C21H29N3O. The molecule has 1 unspecified atom stereocenters. The number of hydrogen-bond donors (Lipinski definition) is 1. The van der Waals surface area contributed by atoms with Gasteiger partial charge in [-0.1, -0.05) is 32.0 Å². The summed E-state index contributed by atoms with van der Waals surface area (Å²) in [7, 11) is 1.82. The van der Waals surface area contributed by atoms with Gasteiger partial charge in [0.05, 0.1) is 11.8 Å². The minimum Gasteiger partial charge on any atom is -0.382 e. The first-order chi connectivity index (χ1) is 11.9. The molecule has 2 N–H and O–H groups in total. The van der Waals surface area contributed by atoms with Gasteiger partial charge in [-0.25, -0.2) is 4.99 Å².